The average Bonchev–Trinajstić information content (AvgIpc) is 2.35. The fourth-order valence-corrected chi connectivity index (χ4v) is 2.22. The van der Waals surface area contributed by atoms with Crippen LogP contribution in [0.25, 0.3) is 0 Å². The summed E-state index contributed by atoms with van der Waals surface area (Å²) in [5, 5.41) is 7.82. The number of benzene rings is 1. The highest BCUT2D eigenvalue weighted by molar-refractivity contribution is 7.89. The minimum Gasteiger partial charge on any atom is -0.350 e. The highest BCUT2D eigenvalue weighted by atomic mass is 35.5. The van der Waals surface area contributed by atoms with Gasteiger partial charge in [0.1, 0.15) is 0 Å². The van der Waals surface area contributed by atoms with Crippen LogP contribution < -0.4 is 10.5 Å². The normalized spacial score (nSPS) is 13.0. The standard InChI is InChI=1S/C12H17ClN2O3S/c1-9(15-12(16)3-2-8-13)10-4-6-11(7-5-10)19(14,17)18/h4-7,9H,2-3,8H2,1H3,(H,15,16)(H2,14,17,18). The number of nitrogens with two attached hydrogens (primary N) is 1. The molecule has 1 aromatic carbocycles. The topological polar surface area (TPSA) is 89.3 Å². The van der Waals surface area contributed by atoms with Gasteiger partial charge in [-0.2, -0.15) is 0 Å². The minimum absolute atomic E-state index is 0.0527. The number of hydrogen-bond acceptors (Lipinski definition) is 3. The maximum atomic E-state index is 11.5. The second-order valence-electron chi connectivity index (χ2n) is 4.20. The molecule has 0 bridgehead atoms. The van der Waals surface area contributed by atoms with Gasteiger partial charge in [-0.1, -0.05) is 12.1 Å². The summed E-state index contributed by atoms with van der Waals surface area (Å²) in [7, 11) is -3.68. The summed E-state index contributed by atoms with van der Waals surface area (Å²) in [6.45, 7) is 1.82. The third-order valence-corrected chi connectivity index (χ3v) is 3.82. The van der Waals surface area contributed by atoms with Gasteiger partial charge < -0.3 is 5.32 Å². The molecule has 0 aromatic heterocycles. The molecule has 7 heteroatoms. The van der Waals surface area contributed by atoms with Gasteiger partial charge in [-0.15, -0.1) is 11.6 Å². The van der Waals surface area contributed by atoms with Crippen molar-refractivity contribution in [2.75, 3.05) is 5.88 Å². The predicted octanol–water partition coefficient (Wildman–Crippen LogP) is 1.53. The number of halogens is 1. The van der Waals surface area contributed by atoms with E-state index in [-0.39, 0.29) is 16.8 Å². The van der Waals surface area contributed by atoms with Gasteiger partial charge >= 0.3 is 0 Å². The monoisotopic (exact) mass is 304 g/mol. The highest BCUT2D eigenvalue weighted by Gasteiger charge is 2.11. The number of amides is 1. The summed E-state index contributed by atoms with van der Waals surface area (Å²) in [5.74, 6) is 0.369. The largest absolute Gasteiger partial charge is 0.350 e. The zero-order chi connectivity index (χ0) is 14.5. The van der Waals surface area contributed by atoms with Crippen molar-refractivity contribution >= 4 is 27.5 Å². The molecule has 1 amide bonds. The molecule has 0 fully saturated rings. The van der Waals surface area contributed by atoms with E-state index >= 15 is 0 Å². The maximum absolute atomic E-state index is 11.5. The van der Waals surface area contributed by atoms with Crippen molar-refractivity contribution in [1.29, 1.82) is 0 Å². The van der Waals surface area contributed by atoms with E-state index in [0.29, 0.717) is 18.7 Å². The van der Waals surface area contributed by atoms with E-state index < -0.39 is 10.0 Å². The van der Waals surface area contributed by atoms with Crippen molar-refractivity contribution < 1.29 is 13.2 Å². The molecule has 1 rings (SSSR count). The smallest absolute Gasteiger partial charge is 0.238 e. The molecule has 5 nitrogen and oxygen atoms in total. The predicted molar refractivity (Wildman–Crippen MR) is 74.3 cm³/mol. The Bertz CT molecular complexity index is 528. The second-order valence-corrected chi connectivity index (χ2v) is 6.14. The summed E-state index contributed by atoms with van der Waals surface area (Å²) < 4.78 is 22.2. The zero-order valence-electron chi connectivity index (χ0n) is 10.6. The van der Waals surface area contributed by atoms with E-state index in [1.807, 2.05) is 6.92 Å². The summed E-state index contributed by atoms with van der Waals surface area (Å²) in [6, 6.07) is 5.91. The molecule has 0 saturated heterocycles. The molecule has 0 heterocycles. The van der Waals surface area contributed by atoms with Crippen LogP contribution in [0.15, 0.2) is 29.2 Å². The first kappa shape index (κ1) is 15.9. The van der Waals surface area contributed by atoms with E-state index in [1.165, 1.54) is 12.1 Å². The van der Waals surface area contributed by atoms with Crippen LogP contribution in [-0.2, 0) is 14.8 Å². The van der Waals surface area contributed by atoms with E-state index in [4.69, 9.17) is 16.7 Å². The maximum Gasteiger partial charge on any atom is 0.238 e. The van der Waals surface area contributed by atoms with Crippen molar-refractivity contribution in [1.82, 2.24) is 5.32 Å². The third kappa shape index (κ3) is 5.18. The SMILES string of the molecule is CC(NC(=O)CCCCl)c1ccc(S(N)(=O)=O)cc1. The Morgan fingerprint density at radius 3 is 2.42 bits per heavy atom. The number of alkyl halides is 1. The first-order valence-electron chi connectivity index (χ1n) is 5.82. The van der Waals surface area contributed by atoms with Gasteiger partial charge in [0.05, 0.1) is 10.9 Å². The zero-order valence-corrected chi connectivity index (χ0v) is 12.2. The van der Waals surface area contributed by atoms with Crippen molar-refractivity contribution in [3.8, 4) is 0 Å². The summed E-state index contributed by atoms with van der Waals surface area (Å²) >= 11 is 5.51. The molecule has 0 aliphatic rings. The van der Waals surface area contributed by atoms with Crippen LogP contribution >= 0.6 is 11.6 Å². The first-order valence-corrected chi connectivity index (χ1v) is 7.91. The van der Waals surface area contributed by atoms with Gasteiger partial charge in [0.2, 0.25) is 15.9 Å². The van der Waals surface area contributed by atoms with Crippen molar-refractivity contribution in [2.24, 2.45) is 5.14 Å². The molecule has 0 saturated carbocycles. The molecule has 106 valence electrons. The van der Waals surface area contributed by atoms with Gasteiger partial charge in [0.15, 0.2) is 0 Å². The number of nitrogens with one attached hydrogen (secondary N) is 1. The van der Waals surface area contributed by atoms with E-state index in [2.05, 4.69) is 5.32 Å². The lowest BCUT2D eigenvalue weighted by atomic mass is 10.1. The molecule has 1 atom stereocenters. The second kappa shape index (κ2) is 6.88. The lowest BCUT2D eigenvalue weighted by Gasteiger charge is -2.14. The fraction of sp³-hybridized carbons (Fsp3) is 0.417. The molecule has 19 heavy (non-hydrogen) atoms. The van der Waals surface area contributed by atoms with Crippen LogP contribution in [-0.4, -0.2) is 20.2 Å². The Labute approximate surface area is 118 Å². The van der Waals surface area contributed by atoms with Crippen LogP contribution in [0.3, 0.4) is 0 Å². The quantitative estimate of drug-likeness (QED) is 0.781. The Morgan fingerprint density at radius 2 is 1.95 bits per heavy atom. The molecule has 1 aromatic rings. The van der Waals surface area contributed by atoms with Crippen molar-refractivity contribution in [3.63, 3.8) is 0 Å². The summed E-state index contributed by atoms with van der Waals surface area (Å²) in [5.41, 5.74) is 0.812. The van der Waals surface area contributed by atoms with E-state index in [9.17, 15) is 13.2 Å². The number of carbonyl (C=O) groups is 1. The number of carbonyl (C=O) groups excluding carboxylic acids is 1. The summed E-state index contributed by atoms with van der Waals surface area (Å²) in [4.78, 5) is 11.6. The minimum atomic E-state index is -3.68. The Hall–Kier alpha value is -1.11. The molecule has 1 unspecified atom stereocenters. The van der Waals surface area contributed by atoms with Crippen LogP contribution in [0.1, 0.15) is 31.4 Å². The van der Waals surface area contributed by atoms with Gasteiger partial charge in [-0.25, -0.2) is 13.6 Å². The molecular formula is C12H17ClN2O3S. The molecule has 3 N–H and O–H groups in total. The van der Waals surface area contributed by atoms with Crippen molar-refractivity contribution in [3.05, 3.63) is 29.8 Å². The van der Waals surface area contributed by atoms with Crippen molar-refractivity contribution in [2.45, 2.75) is 30.7 Å². The lowest BCUT2D eigenvalue weighted by Crippen LogP contribution is -2.26. The number of rotatable bonds is 6. The van der Waals surface area contributed by atoms with Crippen LogP contribution in [0.5, 0.6) is 0 Å². The molecule has 0 spiro atoms. The number of primary sulfonamides is 1. The van der Waals surface area contributed by atoms with Crippen LogP contribution in [0, 0.1) is 0 Å². The molecular weight excluding hydrogens is 288 g/mol. The third-order valence-electron chi connectivity index (χ3n) is 2.62. The Morgan fingerprint density at radius 1 is 1.37 bits per heavy atom. The van der Waals surface area contributed by atoms with Crippen LogP contribution in [0.2, 0.25) is 0 Å². The number of sulfonamides is 1. The van der Waals surface area contributed by atoms with Gasteiger partial charge in [-0.3, -0.25) is 4.79 Å². The van der Waals surface area contributed by atoms with Gasteiger partial charge in [-0.05, 0) is 31.0 Å². The fourth-order valence-electron chi connectivity index (χ4n) is 1.57. The number of hydrogen-bond donors (Lipinski definition) is 2. The highest BCUT2D eigenvalue weighted by Crippen LogP contribution is 2.15. The molecule has 0 radical (unpaired) electrons. The van der Waals surface area contributed by atoms with Crippen LogP contribution in [0.4, 0.5) is 0 Å². The first-order chi connectivity index (χ1) is 8.84. The van der Waals surface area contributed by atoms with E-state index in [1.54, 1.807) is 12.1 Å². The summed E-state index contributed by atoms with van der Waals surface area (Å²) in [6.07, 6.45) is 1.01. The Kier molecular flexibility index (Phi) is 5.78. The molecule has 0 aliphatic heterocycles. The molecule has 0 aliphatic carbocycles. The van der Waals surface area contributed by atoms with Gasteiger partial charge in [0, 0.05) is 12.3 Å². The Balaban J connectivity index is 2.68. The average molecular weight is 305 g/mol. The lowest BCUT2D eigenvalue weighted by molar-refractivity contribution is -0.121. The van der Waals surface area contributed by atoms with Gasteiger partial charge in [0.25, 0.3) is 0 Å². The van der Waals surface area contributed by atoms with E-state index in [0.717, 1.165) is 5.56 Å².